The van der Waals surface area contributed by atoms with Crippen LogP contribution in [0.4, 0.5) is 0 Å². The molecule has 0 amide bonds. The Kier molecular flexibility index (Phi) is 2.69. The van der Waals surface area contributed by atoms with E-state index in [4.69, 9.17) is 4.74 Å². The minimum absolute atomic E-state index is 0.302. The van der Waals surface area contributed by atoms with Gasteiger partial charge in [-0.1, -0.05) is 0 Å². The van der Waals surface area contributed by atoms with E-state index < -0.39 is 23.6 Å². The Balaban J connectivity index is 2.39. The van der Waals surface area contributed by atoms with Crippen LogP contribution in [0.25, 0.3) is 0 Å². The second-order valence-corrected chi connectivity index (χ2v) is 4.08. The minimum atomic E-state index is -0.580. The average molecular weight is 226 g/mol. The van der Waals surface area contributed by atoms with Gasteiger partial charge in [0.05, 0.1) is 12.2 Å². The Bertz CT molecular complexity index is 494. The number of H-pyrrole nitrogens is 1. The smallest absolute Gasteiger partial charge is 0.330 e. The maximum atomic E-state index is 11.5. The number of rotatable bonds is 1. The summed E-state index contributed by atoms with van der Waals surface area (Å²) in [6.07, 6.45) is 0.421. The maximum absolute atomic E-state index is 11.5. The van der Waals surface area contributed by atoms with Gasteiger partial charge in [0.2, 0.25) is 0 Å². The number of aliphatic hydroxyl groups excluding tert-OH is 1. The molecule has 0 saturated carbocycles. The van der Waals surface area contributed by atoms with Crippen LogP contribution in [0.15, 0.2) is 15.8 Å². The van der Waals surface area contributed by atoms with E-state index in [2.05, 4.69) is 4.98 Å². The van der Waals surface area contributed by atoms with Crippen LogP contribution < -0.4 is 11.2 Å². The van der Waals surface area contributed by atoms with Crippen molar-refractivity contribution in [3.05, 3.63) is 32.6 Å². The van der Waals surface area contributed by atoms with Crippen molar-refractivity contribution < 1.29 is 9.84 Å². The molecule has 6 heteroatoms. The third-order valence-corrected chi connectivity index (χ3v) is 2.81. The van der Waals surface area contributed by atoms with Crippen LogP contribution in [0, 0.1) is 6.92 Å². The number of hydrogen-bond acceptors (Lipinski definition) is 4. The molecule has 0 radical (unpaired) electrons. The quantitative estimate of drug-likeness (QED) is 0.677. The van der Waals surface area contributed by atoms with Gasteiger partial charge in [-0.25, -0.2) is 4.79 Å². The van der Waals surface area contributed by atoms with Gasteiger partial charge in [0.15, 0.2) is 0 Å². The van der Waals surface area contributed by atoms with Crippen LogP contribution >= 0.6 is 0 Å². The number of hydrogen-bond donors (Lipinski definition) is 2. The van der Waals surface area contributed by atoms with Gasteiger partial charge in [-0.3, -0.25) is 14.3 Å². The van der Waals surface area contributed by atoms with Crippen molar-refractivity contribution in [3.63, 3.8) is 0 Å². The first-order chi connectivity index (χ1) is 7.49. The molecule has 1 aliphatic rings. The van der Waals surface area contributed by atoms with Crippen LogP contribution in [-0.2, 0) is 4.74 Å². The monoisotopic (exact) mass is 226 g/mol. The molecule has 6 nitrogen and oxygen atoms in total. The molecular formula is C10H14N2O4. The number of aromatic nitrogens is 2. The van der Waals surface area contributed by atoms with E-state index in [0.717, 1.165) is 0 Å². The van der Waals surface area contributed by atoms with Crippen LogP contribution in [0.2, 0.25) is 0 Å². The highest BCUT2D eigenvalue weighted by molar-refractivity contribution is 5.01. The Hall–Kier alpha value is -1.40. The highest BCUT2D eigenvalue weighted by Crippen LogP contribution is 2.26. The molecule has 1 aromatic heterocycles. The number of ether oxygens (including phenoxy) is 1. The molecule has 1 aliphatic heterocycles. The van der Waals surface area contributed by atoms with Gasteiger partial charge < -0.3 is 9.84 Å². The third kappa shape index (κ3) is 1.81. The highest BCUT2D eigenvalue weighted by Gasteiger charge is 2.32. The van der Waals surface area contributed by atoms with E-state index in [9.17, 15) is 14.7 Å². The van der Waals surface area contributed by atoms with E-state index in [1.807, 2.05) is 0 Å². The topological polar surface area (TPSA) is 84.3 Å². The van der Waals surface area contributed by atoms with Gasteiger partial charge >= 0.3 is 5.69 Å². The molecule has 16 heavy (non-hydrogen) atoms. The van der Waals surface area contributed by atoms with Crippen LogP contribution in [0.3, 0.4) is 0 Å². The van der Waals surface area contributed by atoms with Gasteiger partial charge in [0.25, 0.3) is 5.56 Å². The molecule has 0 bridgehead atoms. The molecule has 1 fully saturated rings. The summed E-state index contributed by atoms with van der Waals surface area (Å²) in [7, 11) is 0. The Labute approximate surface area is 91.5 Å². The zero-order valence-corrected chi connectivity index (χ0v) is 9.14. The van der Waals surface area contributed by atoms with E-state index in [1.54, 1.807) is 13.8 Å². The maximum Gasteiger partial charge on any atom is 0.330 e. The molecule has 3 atom stereocenters. The number of aliphatic hydroxyl groups is 1. The Morgan fingerprint density at radius 2 is 2.25 bits per heavy atom. The lowest BCUT2D eigenvalue weighted by atomic mass is 10.2. The fourth-order valence-electron chi connectivity index (χ4n) is 1.77. The Morgan fingerprint density at radius 1 is 1.56 bits per heavy atom. The predicted molar refractivity (Wildman–Crippen MR) is 56.3 cm³/mol. The molecule has 2 unspecified atom stereocenters. The second kappa shape index (κ2) is 3.88. The molecule has 88 valence electrons. The number of aryl methyl sites for hydroxylation is 1. The van der Waals surface area contributed by atoms with Gasteiger partial charge in [-0.2, -0.15) is 0 Å². The van der Waals surface area contributed by atoms with Crippen molar-refractivity contribution in [3.8, 4) is 0 Å². The van der Waals surface area contributed by atoms with Gasteiger partial charge in [0.1, 0.15) is 6.23 Å². The largest absolute Gasteiger partial charge is 0.390 e. The summed E-state index contributed by atoms with van der Waals surface area (Å²) in [6, 6.07) is 0. The molecular weight excluding hydrogens is 212 g/mol. The molecule has 1 aromatic rings. The standard InChI is InChI=1S/C10H14N2O4/c1-5-4-12(10(15)11-9(5)14)8-3-7(13)6(2)16-8/h4,6-8,13H,3H2,1-2H3,(H,11,14,15)/t6?,7-,8?/m1/s1. The summed E-state index contributed by atoms with van der Waals surface area (Å²) < 4.78 is 6.74. The average Bonchev–Trinajstić information content (AvgIpc) is 2.53. The summed E-state index contributed by atoms with van der Waals surface area (Å²) in [5, 5.41) is 9.53. The minimum Gasteiger partial charge on any atom is -0.390 e. The third-order valence-electron chi connectivity index (χ3n) is 2.81. The predicted octanol–water partition coefficient (Wildman–Crippen LogP) is -0.487. The lowest BCUT2D eigenvalue weighted by Crippen LogP contribution is -2.33. The zero-order valence-electron chi connectivity index (χ0n) is 9.14. The second-order valence-electron chi connectivity index (χ2n) is 4.08. The first-order valence-corrected chi connectivity index (χ1v) is 5.14. The van der Waals surface area contributed by atoms with E-state index in [-0.39, 0.29) is 6.10 Å². The van der Waals surface area contributed by atoms with Crippen molar-refractivity contribution in [2.45, 2.75) is 38.7 Å². The van der Waals surface area contributed by atoms with Crippen molar-refractivity contribution in [1.29, 1.82) is 0 Å². The van der Waals surface area contributed by atoms with Crippen molar-refractivity contribution in [2.24, 2.45) is 0 Å². The van der Waals surface area contributed by atoms with E-state index >= 15 is 0 Å². The zero-order chi connectivity index (χ0) is 11.9. The highest BCUT2D eigenvalue weighted by atomic mass is 16.5. The fourth-order valence-corrected chi connectivity index (χ4v) is 1.77. The number of aromatic amines is 1. The summed E-state index contributed by atoms with van der Waals surface area (Å²) in [5.41, 5.74) is -0.466. The molecule has 2 N–H and O–H groups in total. The summed E-state index contributed by atoms with van der Waals surface area (Å²) in [6.45, 7) is 3.36. The summed E-state index contributed by atoms with van der Waals surface area (Å²) >= 11 is 0. The van der Waals surface area contributed by atoms with Crippen molar-refractivity contribution in [2.75, 3.05) is 0 Å². The summed E-state index contributed by atoms with van der Waals surface area (Å²) in [4.78, 5) is 24.9. The SMILES string of the molecule is Cc1cn(C2C[C@@H](O)C(C)O2)c(=O)[nH]c1=O. The first-order valence-electron chi connectivity index (χ1n) is 5.14. The first kappa shape index (κ1) is 11.1. The summed E-state index contributed by atoms with van der Waals surface area (Å²) in [5.74, 6) is 0. The molecule has 2 heterocycles. The number of nitrogens with one attached hydrogen (secondary N) is 1. The molecule has 0 spiro atoms. The van der Waals surface area contributed by atoms with Crippen molar-refractivity contribution in [1.82, 2.24) is 9.55 Å². The fraction of sp³-hybridized carbons (Fsp3) is 0.600. The van der Waals surface area contributed by atoms with Crippen molar-refractivity contribution >= 4 is 0 Å². The van der Waals surface area contributed by atoms with Gasteiger partial charge in [-0.15, -0.1) is 0 Å². The molecule has 1 saturated heterocycles. The molecule has 2 rings (SSSR count). The van der Waals surface area contributed by atoms with Gasteiger partial charge in [0, 0.05) is 18.2 Å². The lowest BCUT2D eigenvalue weighted by Gasteiger charge is -2.13. The van der Waals surface area contributed by atoms with Gasteiger partial charge in [-0.05, 0) is 13.8 Å². The van der Waals surface area contributed by atoms with Crippen LogP contribution in [-0.4, -0.2) is 26.9 Å². The number of nitrogens with zero attached hydrogens (tertiary/aromatic N) is 1. The van der Waals surface area contributed by atoms with Crippen LogP contribution in [0.1, 0.15) is 25.1 Å². The van der Waals surface area contributed by atoms with E-state index in [0.29, 0.717) is 12.0 Å². The molecule has 0 aromatic carbocycles. The molecule has 0 aliphatic carbocycles. The van der Waals surface area contributed by atoms with Crippen LogP contribution in [0.5, 0.6) is 0 Å². The van der Waals surface area contributed by atoms with E-state index in [1.165, 1.54) is 10.8 Å². The normalized spacial score (nSPS) is 29.6. The Morgan fingerprint density at radius 3 is 2.81 bits per heavy atom. The lowest BCUT2D eigenvalue weighted by molar-refractivity contribution is -0.0102.